The first kappa shape index (κ1) is 19.6. The molecule has 2 aromatic heterocycles. The summed E-state index contributed by atoms with van der Waals surface area (Å²) in [7, 11) is 0. The summed E-state index contributed by atoms with van der Waals surface area (Å²) in [6, 6.07) is 11.9. The molecule has 0 atom stereocenters. The molecule has 4 rings (SSSR count). The van der Waals surface area contributed by atoms with Crippen molar-refractivity contribution in [1.82, 2.24) is 14.8 Å². The second-order valence-corrected chi connectivity index (χ2v) is 7.76. The van der Waals surface area contributed by atoms with Gasteiger partial charge in [-0.25, -0.2) is 4.68 Å². The number of anilines is 1. The van der Waals surface area contributed by atoms with Crippen molar-refractivity contribution >= 4 is 22.9 Å². The molecule has 29 heavy (non-hydrogen) atoms. The monoisotopic (exact) mass is 412 g/mol. The van der Waals surface area contributed by atoms with Gasteiger partial charge in [-0.1, -0.05) is 12.5 Å². The molecular formula is C21H24N4O3S. The average Bonchev–Trinajstić information content (AvgIpc) is 3.34. The third-order valence-corrected chi connectivity index (χ3v) is 5.71. The maximum atomic E-state index is 12.1. The lowest BCUT2D eigenvalue weighted by molar-refractivity contribution is -0.122. The predicted octanol–water partition coefficient (Wildman–Crippen LogP) is 4.15. The van der Waals surface area contributed by atoms with Crippen LogP contribution in [0.25, 0.3) is 16.4 Å². The number of nitrogens with one attached hydrogen (secondary N) is 1. The third kappa shape index (κ3) is 4.65. The molecule has 152 valence electrons. The number of hydrogen-bond acceptors (Lipinski definition) is 6. The van der Waals surface area contributed by atoms with Crippen LogP contribution in [0.2, 0.25) is 0 Å². The highest BCUT2D eigenvalue weighted by molar-refractivity contribution is 7.13. The fraction of sp³-hybridized carbons (Fsp3) is 0.381. The van der Waals surface area contributed by atoms with Crippen LogP contribution in [0.15, 0.2) is 41.8 Å². The molecule has 1 aromatic carbocycles. The van der Waals surface area contributed by atoms with Crippen molar-refractivity contribution in [2.75, 3.05) is 25.1 Å². The number of carbonyl (C=O) groups excluding carboxylic acids is 1. The number of amides is 1. The molecule has 1 fully saturated rings. The summed E-state index contributed by atoms with van der Waals surface area (Å²) in [5, 5.41) is 9.51. The first-order chi connectivity index (χ1) is 14.2. The fourth-order valence-electron chi connectivity index (χ4n) is 3.04. The van der Waals surface area contributed by atoms with Crippen LogP contribution >= 0.6 is 11.3 Å². The number of rotatable bonds is 9. The highest BCUT2D eigenvalue weighted by Crippen LogP contribution is 2.29. The Morgan fingerprint density at radius 2 is 2.07 bits per heavy atom. The summed E-state index contributed by atoms with van der Waals surface area (Å²) in [6.07, 6.45) is 3.11. The van der Waals surface area contributed by atoms with Crippen LogP contribution in [0.3, 0.4) is 0 Å². The van der Waals surface area contributed by atoms with Gasteiger partial charge in [-0.15, -0.1) is 16.4 Å². The van der Waals surface area contributed by atoms with E-state index < -0.39 is 0 Å². The fourth-order valence-corrected chi connectivity index (χ4v) is 3.73. The van der Waals surface area contributed by atoms with E-state index in [9.17, 15) is 4.79 Å². The van der Waals surface area contributed by atoms with Crippen molar-refractivity contribution in [2.45, 2.75) is 26.2 Å². The highest BCUT2D eigenvalue weighted by Gasteiger charge is 2.25. The van der Waals surface area contributed by atoms with Crippen molar-refractivity contribution in [3.63, 3.8) is 0 Å². The summed E-state index contributed by atoms with van der Waals surface area (Å²) in [5.41, 5.74) is 1.64. The molecular weight excluding hydrogens is 388 g/mol. The number of thiophene rings is 1. The topological polar surface area (TPSA) is 78.3 Å². The Hall–Kier alpha value is -2.71. The van der Waals surface area contributed by atoms with Gasteiger partial charge in [0.1, 0.15) is 6.61 Å². The van der Waals surface area contributed by atoms with Gasteiger partial charge in [0.05, 0.1) is 17.2 Å². The Morgan fingerprint density at radius 1 is 1.24 bits per heavy atom. The quantitative estimate of drug-likeness (QED) is 0.534. The molecule has 7 nitrogen and oxygen atoms in total. The number of carbonyl (C=O) groups is 1. The lowest BCUT2D eigenvalue weighted by Crippen LogP contribution is -2.27. The Labute approximate surface area is 173 Å². The molecule has 1 amide bonds. The first-order valence-electron chi connectivity index (χ1n) is 9.87. The van der Waals surface area contributed by atoms with Gasteiger partial charge in [-0.05, 0) is 55.5 Å². The molecule has 0 unspecified atom stereocenters. The van der Waals surface area contributed by atoms with Gasteiger partial charge in [-0.3, -0.25) is 4.79 Å². The van der Waals surface area contributed by atoms with Crippen molar-refractivity contribution in [3.8, 4) is 22.4 Å². The van der Waals surface area contributed by atoms with Gasteiger partial charge >= 0.3 is 6.01 Å². The van der Waals surface area contributed by atoms with Crippen molar-refractivity contribution in [1.29, 1.82) is 0 Å². The minimum absolute atomic E-state index is 0.106. The van der Waals surface area contributed by atoms with Crippen LogP contribution in [0.4, 0.5) is 5.69 Å². The average molecular weight is 413 g/mol. The van der Waals surface area contributed by atoms with Gasteiger partial charge in [0, 0.05) is 18.2 Å². The maximum absolute atomic E-state index is 12.1. The van der Waals surface area contributed by atoms with Gasteiger partial charge in [-0.2, -0.15) is 4.98 Å². The summed E-state index contributed by atoms with van der Waals surface area (Å²) < 4.78 is 12.7. The van der Waals surface area contributed by atoms with Crippen LogP contribution in [0.1, 0.15) is 26.2 Å². The normalized spacial score (nSPS) is 13.8. The number of ether oxygens (including phenoxy) is 2. The molecule has 0 radical (unpaired) electrons. The Bertz CT molecular complexity index is 934. The molecule has 1 N–H and O–H groups in total. The highest BCUT2D eigenvalue weighted by atomic mass is 32.1. The molecule has 0 aliphatic heterocycles. The first-order valence-corrected chi connectivity index (χ1v) is 10.8. The van der Waals surface area contributed by atoms with E-state index in [4.69, 9.17) is 9.47 Å². The van der Waals surface area contributed by atoms with Gasteiger partial charge in [0.25, 0.3) is 0 Å². The van der Waals surface area contributed by atoms with E-state index in [1.807, 2.05) is 48.7 Å². The standard InChI is InChI=1S/C21H24N4O3S/c1-2-27-12-13-28-21-23-19(18-7-4-14-29-18)25(24-21)17-10-8-16(9-11-17)22-20(26)15-5-3-6-15/h4,7-11,14-15H,2-3,5-6,12-13H2,1H3,(H,22,26). The van der Waals surface area contributed by atoms with Crippen molar-refractivity contribution in [2.24, 2.45) is 5.92 Å². The Morgan fingerprint density at radius 3 is 2.72 bits per heavy atom. The van der Waals surface area contributed by atoms with E-state index in [0.29, 0.717) is 25.8 Å². The van der Waals surface area contributed by atoms with Crippen molar-refractivity contribution < 1.29 is 14.3 Å². The number of nitrogens with zero attached hydrogens (tertiary/aromatic N) is 3. The predicted molar refractivity (Wildman–Crippen MR) is 113 cm³/mol. The van der Waals surface area contributed by atoms with Gasteiger partial charge < -0.3 is 14.8 Å². The Balaban J connectivity index is 1.52. The lowest BCUT2D eigenvalue weighted by Gasteiger charge is -2.24. The summed E-state index contributed by atoms with van der Waals surface area (Å²) in [5.74, 6) is 0.985. The molecule has 8 heteroatoms. The second kappa shape index (κ2) is 9.19. The summed E-state index contributed by atoms with van der Waals surface area (Å²) >= 11 is 1.59. The minimum Gasteiger partial charge on any atom is -0.460 e. The van der Waals surface area contributed by atoms with E-state index in [0.717, 1.165) is 41.3 Å². The number of aromatic nitrogens is 3. The third-order valence-electron chi connectivity index (χ3n) is 4.85. The second-order valence-electron chi connectivity index (χ2n) is 6.82. The molecule has 1 saturated carbocycles. The molecule has 3 aromatic rings. The molecule has 0 spiro atoms. The van der Waals surface area contributed by atoms with E-state index in [1.54, 1.807) is 16.0 Å². The van der Waals surface area contributed by atoms with Crippen molar-refractivity contribution in [3.05, 3.63) is 41.8 Å². The van der Waals surface area contributed by atoms with E-state index in [1.165, 1.54) is 0 Å². The van der Waals surface area contributed by atoms with E-state index in [2.05, 4.69) is 15.4 Å². The van der Waals surface area contributed by atoms with Gasteiger partial charge in [0.2, 0.25) is 5.91 Å². The van der Waals surface area contributed by atoms with Crippen LogP contribution < -0.4 is 10.1 Å². The maximum Gasteiger partial charge on any atom is 0.336 e. The molecule has 0 saturated heterocycles. The SMILES string of the molecule is CCOCCOc1nc(-c2cccs2)n(-c2ccc(NC(=O)C3CCC3)cc2)n1. The minimum atomic E-state index is 0.106. The van der Waals surface area contributed by atoms with Crippen LogP contribution in [0.5, 0.6) is 6.01 Å². The smallest absolute Gasteiger partial charge is 0.336 e. The van der Waals surface area contributed by atoms with E-state index >= 15 is 0 Å². The van der Waals surface area contributed by atoms with Crippen LogP contribution in [0, 0.1) is 5.92 Å². The number of benzene rings is 1. The summed E-state index contributed by atoms with van der Waals surface area (Å²) in [6.45, 7) is 3.48. The summed E-state index contributed by atoms with van der Waals surface area (Å²) in [4.78, 5) is 17.7. The van der Waals surface area contributed by atoms with Gasteiger partial charge in [0.15, 0.2) is 5.82 Å². The lowest BCUT2D eigenvalue weighted by atomic mass is 9.85. The zero-order valence-corrected chi connectivity index (χ0v) is 17.2. The zero-order chi connectivity index (χ0) is 20.1. The molecule has 1 aliphatic carbocycles. The molecule has 2 heterocycles. The van der Waals surface area contributed by atoms with Crippen LogP contribution in [-0.2, 0) is 9.53 Å². The van der Waals surface area contributed by atoms with E-state index in [-0.39, 0.29) is 11.8 Å². The van der Waals surface area contributed by atoms with Crippen LogP contribution in [-0.4, -0.2) is 40.5 Å². The number of hydrogen-bond donors (Lipinski definition) is 1. The molecule has 1 aliphatic rings. The Kier molecular flexibility index (Phi) is 6.21. The largest absolute Gasteiger partial charge is 0.460 e. The zero-order valence-electron chi connectivity index (χ0n) is 16.3. The molecule has 0 bridgehead atoms.